The van der Waals surface area contributed by atoms with Crippen molar-refractivity contribution in [3.63, 3.8) is 0 Å². The number of piperidine rings is 2. The second-order valence-electron chi connectivity index (χ2n) is 11.6. The monoisotopic (exact) mass is 520 g/mol. The van der Waals surface area contributed by atoms with E-state index in [2.05, 4.69) is 70.7 Å². The summed E-state index contributed by atoms with van der Waals surface area (Å²) in [5, 5.41) is 7.56. The maximum atomic E-state index is 5.81. The van der Waals surface area contributed by atoms with E-state index in [1.165, 1.54) is 69.8 Å². The van der Waals surface area contributed by atoms with Crippen LogP contribution >= 0.6 is 12.2 Å². The topological polar surface area (TPSA) is 56.3 Å². The summed E-state index contributed by atoms with van der Waals surface area (Å²) in [4.78, 5) is 14.8. The molecule has 5 rings (SSSR count). The Morgan fingerprint density at radius 2 is 1.65 bits per heavy atom. The van der Waals surface area contributed by atoms with E-state index in [9.17, 15) is 0 Å². The minimum absolute atomic E-state index is 0.132. The van der Waals surface area contributed by atoms with E-state index in [0.29, 0.717) is 17.1 Å². The van der Waals surface area contributed by atoms with Crippen LogP contribution in [0.25, 0.3) is 0 Å². The first kappa shape index (κ1) is 26.2. The summed E-state index contributed by atoms with van der Waals surface area (Å²) < 4.78 is 0. The zero-order valence-corrected chi connectivity index (χ0v) is 23.5. The quantitative estimate of drug-likeness (QED) is 0.435. The van der Waals surface area contributed by atoms with Crippen LogP contribution in [-0.4, -0.2) is 47.3 Å². The first-order valence-corrected chi connectivity index (χ1v) is 14.9. The Morgan fingerprint density at radius 1 is 0.919 bits per heavy atom. The van der Waals surface area contributed by atoms with E-state index >= 15 is 0 Å². The first-order valence-electron chi connectivity index (χ1n) is 14.5. The number of thiocarbonyl (C=S) groups is 1. The number of nitrogens with one attached hydrogen (secondary N) is 2. The average Bonchev–Trinajstić information content (AvgIpc) is 2.93. The average molecular weight is 521 g/mol. The highest BCUT2D eigenvalue weighted by atomic mass is 32.1. The number of hydrogen-bond acceptors (Lipinski definition) is 5. The standard InChI is InChI=1S/C30H44N6S/c1-23-14-19-35(20-15-23)26-21-27(36-18-10-7-11-24(36)2)33-28(32-26)34-29(37)31-22-30(16-8-4-9-17-30)25-12-5-3-6-13-25/h3,5-6,12-13,21,23-24H,4,7-11,14-20,22H2,1-2H3,(H2,31,32,33,34,37)/t24-/m1/s1. The van der Waals surface area contributed by atoms with Crippen molar-refractivity contribution in [3.05, 3.63) is 42.0 Å². The third-order valence-corrected chi connectivity index (χ3v) is 9.16. The van der Waals surface area contributed by atoms with E-state index in [1.807, 2.05) is 0 Å². The molecule has 3 fully saturated rings. The summed E-state index contributed by atoms with van der Waals surface area (Å²) in [5.41, 5.74) is 1.55. The predicted molar refractivity (Wildman–Crippen MR) is 159 cm³/mol. The van der Waals surface area contributed by atoms with Crippen molar-refractivity contribution in [2.75, 3.05) is 41.3 Å². The molecule has 1 atom stereocenters. The van der Waals surface area contributed by atoms with Gasteiger partial charge in [-0.1, -0.05) is 56.5 Å². The van der Waals surface area contributed by atoms with Crippen LogP contribution in [0.2, 0.25) is 0 Å². The molecule has 2 aromatic rings. The van der Waals surface area contributed by atoms with Crippen molar-refractivity contribution in [1.82, 2.24) is 15.3 Å². The van der Waals surface area contributed by atoms with Gasteiger partial charge in [0, 0.05) is 43.7 Å². The molecular formula is C30H44N6S. The maximum absolute atomic E-state index is 5.81. The van der Waals surface area contributed by atoms with Gasteiger partial charge in [0.05, 0.1) is 0 Å². The molecule has 0 bridgehead atoms. The lowest BCUT2D eigenvalue weighted by atomic mass is 9.69. The molecule has 3 aliphatic rings. The van der Waals surface area contributed by atoms with E-state index < -0.39 is 0 Å². The molecule has 1 saturated carbocycles. The van der Waals surface area contributed by atoms with Crippen molar-refractivity contribution >= 4 is 34.9 Å². The van der Waals surface area contributed by atoms with Gasteiger partial charge in [-0.15, -0.1) is 0 Å². The number of benzene rings is 1. The van der Waals surface area contributed by atoms with Crippen molar-refractivity contribution in [2.24, 2.45) is 5.92 Å². The van der Waals surface area contributed by atoms with Crippen LogP contribution < -0.4 is 20.4 Å². The fraction of sp³-hybridized carbons (Fsp3) is 0.633. The zero-order valence-electron chi connectivity index (χ0n) is 22.7. The number of hydrogen-bond donors (Lipinski definition) is 2. The van der Waals surface area contributed by atoms with Crippen molar-refractivity contribution in [3.8, 4) is 0 Å². The molecule has 0 unspecified atom stereocenters. The van der Waals surface area contributed by atoms with Gasteiger partial charge in [-0.05, 0) is 75.6 Å². The molecule has 200 valence electrons. The highest BCUT2D eigenvalue weighted by Gasteiger charge is 2.34. The van der Waals surface area contributed by atoms with Crippen LogP contribution in [-0.2, 0) is 5.41 Å². The third kappa shape index (κ3) is 6.36. The lowest BCUT2D eigenvalue weighted by Gasteiger charge is -2.38. The Kier molecular flexibility index (Phi) is 8.48. The molecule has 0 spiro atoms. The molecule has 7 heteroatoms. The van der Waals surface area contributed by atoms with Gasteiger partial charge in [-0.3, -0.25) is 0 Å². The molecule has 3 heterocycles. The second-order valence-corrected chi connectivity index (χ2v) is 12.0. The highest BCUT2D eigenvalue weighted by Crippen LogP contribution is 2.39. The minimum atomic E-state index is 0.132. The van der Waals surface area contributed by atoms with Crippen molar-refractivity contribution in [2.45, 2.75) is 89.5 Å². The smallest absolute Gasteiger partial charge is 0.232 e. The summed E-state index contributed by atoms with van der Waals surface area (Å²) >= 11 is 5.81. The number of aromatic nitrogens is 2. The van der Waals surface area contributed by atoms with Crippen LogP contribution in [0.3, 0.4) is 0 Å². The Labute approximate surface area is 228 Å². The van der Waals surface area contributed by atoms with E-state index in [-0.39, 0.29) is 5.41 Å². The van der Waals surface area contributed by atoms with Gasteiger partial charge in [0.2, 0.25) is 5.95 Å². The SMILES string of the molecule is CC1CCN(c2cc(N3CCCC[C@H]3C)nc(NC(=S)NCC3(c4ccccc4)CCCCC3)n2)CC1. The highest BCUT2D eigenvalue weighted by molar-refractivity contribution is 7.80. The molecule has 1 aliphatic carbocycles. The summed E-state index contributed by atoms with van der Waals surface area (Å²) in [5.74, 6) is 3.44. The lowest BCUT2D eigenvalue weighted by molar-refractivity contribution is 0.292. The van der Waals surface area contributed by atoms with Crippen LogP contribution in [0.15, 0.2) is 36.4 Å². The van der Waals surface area contributed by atoms with Crippen LogP contribution in [0.1, 0.15) is 83.6 Å². The number of nitrogens with zero attached hydrogens (tertiary/aromatic N) is 4. The van der Waals surface area contributed by atoms with Gasteiger partial charge >= 0.3 is 0 Å². The molecule has 1 aromatic heterocycles. The molecule has 2 saturated heterocycles. The lowest BCUT2D eigenvalue weighted by Crippen LogP contribution is -2.44. The third-order valence-electron chi connectivity index (χ3n) is 8.91. The Balaban J connectivity index is 1.33. The summed E-state index contributed by atoms with van der Waals surface area (Å²) in [6.07, 6.45) is 12.4. The Morgan fingerprint density at radius 3 is 2.38 bits per heavy atom. The van der Waals surface area contributed by atoms with Crippen LogP contribution in [0.5, 0.6) is 0 Å². The predicted octanol–water partition coefficient (Wildman–Crippen LogP) is 6.28. The van der Waals surface area contributed by atoms with Crippen LogP contribution in [0, 0.1) is 5.92 Å². The number of rotatable bonds is 6. The van der Waals surface area contributed by atoms with Gasteiger partial charge in [-0.25, -0.2) is 0 Å². The van der Waals surface area contributed by atoms with Crippen molar-refractivity contribution in [1.29, 1.82) is 0 Å². The first-order chi connectivity index (χ1) is 18.0. The molecule has 1 aromatic carbocycles. The van der Waals surface area contributed by atoms with Gasteiger partial charge in [-0.2, -0.15) is 9.97 Å². The summed E-state index contributed by atoms with van der Waals surface area (Å²) in [6, 6.07) is 13.7. The van der Waals surface area contributed by atoms with Gasteiger partial charge in [0.25, 0.3) is 0 Å². The normalized spacial score (nSPS) is 22.5. The molecule has 6 nitrogen and oxygen atoms in total. The van der Waals surface area contributed by atoms with Gasteiger partial charge in [0.15, 0.2) is 5.11 Å². The molecule has 0 amide bonds. The van der Waals surface area contributed by atoms with Gasteiger partial charge in [0.1, 0.15) is 11.6 Å². The van der Waals surface area contributed by atoms with Gasteiger partial charge < -0.3 is 20.4 Å². The number of anilines is 3. The molecule has 37 heavy (non-hydrogen) atoms. The Hall–Kier alpha value is -2.41. The molecule has 2 N–H and O–H groups in total. The fourth-order valence-corrected chi connectivity index (χ4v) is 6.61. The van der Waals surface area contributed by atoms with Crippen molar-refractivity contribution < 1.29 is 0 Å². The summed E-state index contributed by atoms with van der Waals surface area (Å²) in [7, 11) is 0. The summed E-state index contributed by atoms with van der Waals surface area (Å²) in [6.45, 7) is 8.66. The molecular weight excluding hydrogens is 476 g/mol. The zero-order chi connectivity index (χ0) is 25.7. The Bertz CT molecular complexity index is 1030. The second kappa shape index (κ2) is 12.0. The fourth-order valence-electron chi connectivity index (χ4n) is 6.45. The molecule has 2 aliphatic heterocycles. The maximum Gasteiger partial charge on any atom is 0.232 e. The van der Waals surface area contributed by atoms with E-state index in [0.717, 1.165) is 43.7 Å². The molecule has 0 radical (unpaired) electrons. The van der Waals surface area contributed by atoms with E-state index in [4.69, 9.17) is 22.2 Å². The van der Waals surface area contributed by atoms with Crippen LogP contribution in [0.4, 0.5) is 17.6 Å². The largest absolute Gasteiger partial charge is 0.361 e. The minimum Gasteiger partial charge on any atom is -0.361 e. The van der Waals surface area contributed by atoms with E-state index in [1.54, 1.807) is 0 Å².